The smallest absolute Gasteiger partial charge is 0.163 e. The summed E-state index contributed by atoms with van der Waals surface area (Å²) in [5.74, 6) is 1.48. The number of hydrogen-bond donors (Lipinski definition) is 1. The molecule has 0 aliphatic carbocycles. The van der Waals surface area contributed by atoms with Gasteiger partial charge in [-0.15, -0.1) is 0 Å². The number of anilines is 1. The molecule has 0 saturated carbocycles. The minimum Gasteiger partial charge on any atom is -0.379 e. The van der Waals surface area contributed by atoms with Gasteiger partial charge >= 0.3 is 0 Å². The monoisotopic (exact) mass is 277 g/mol. The zero-order valence-corrected chi connectivity index (χ0v) is 11.8. The van der Waals surface area contributed by atoms with Gasteiger partial charge in [0.05, 0.1) is 24.3 Å². The predicted octanol–water partition coefficient (Wildman–Crippen LogP) is 1.10. The number of nitrogens with zero attached hydrogens (tertiary/aromatic N) is 4. The van der Waals surface area contributed by atoms with Crippen LogP contribution in [-0.4, -0.2) is 45.6 Å². The summed E-state index contributed by atoms with van der Waals surface area (Å²) in [6, 6.07) is 0. The van der Waals surface area contributed by atoms with E-state index in [1.54, 1.807) is 10.9 Å². The molecule has 7 heteroatoms. The highest BCUT2D eigenvalue weighted by Crippen LogP contribution is 2.20. The molecule has 1 fully saturated rings. The lowest BCUT2D eigenvalue weighted by molar-refractivity contribution is 0.0285. The number of aryl methyl sites for hydroxylation is 1. The van der Waals surface area contributed by atoms with E-state index in [1.807, 2.05) is 14.0 Å². The molecule has 20 heavy (non-hydrogen) atoms. The van der Waals surface area contributed by atoms with E-state index >= 15 is 0 Å². The summed E-state index contributed by atoms with van der Waals surface area (Å²) < 4.78 is 12.8. The third kappa shape index (κ3) is 2.59. The van der Waals surface area contributed by atoms with E-state index in [4.69, 9.17) is 9.47 Å². The van der Waals surface area contributed by atoms with Crippen molar-refractivity contribution in [2.45, 2.75) is 26.1 Å². The van der Waals surface area contributed by atoms with Crippen LogP contribution in [-0.2, 0) is 23.1 Å². The van der Waals surface area contributed by atoms with Crippen LogP contribution in [0.5, 0.6) is 0 Å². The summed E-state index contributed by atoms with van der Waals surface area (Å²) >= 11 is 0. The second kappa shape index (κ2) is 5.72. The molecule has 0 spiro atoms. The molecule has 0 amide bonds. The van der Waals surface area contributed by atoms with E-state index in [0.29, 0.717) is 19.0 Å². The summed E-state index contributed by atoms with van der Waals surface area (Å²) in [4.78, 5) is 9.05. The first-order valence-corrected chi connectivity index (χ1v) is 6.89. The molecule has 3 rings (SSSR count). The number of fused-ring (bicyclic) bond motifs is 1. The zero-order chi connectivity index (χ0) is 13.9. The highest BCUT2D eigenvalue weighted by atomic mass is 16.5. The van der Waals surface area contributed by atoms with Crippen LogP contribution in [0.1, 0.15) is 19.2 Å². The maximum atomic E-state index is 5.78. The lowest BCUT2D eigenvalue weighted by Crippen LogP contribution is -2.14. The molecule has 1 aliphatic rings. The molecule has 2 aromatic heterocycles. The fourth-order valence-corrected chi connectivity index (χ4v) is 2.27. The molecule has 2 aromatic rings. The standard InChI is InChI=1S/C13H19N5O2/c1-3-14-12-10-6-15-18(2)13(10)17-11(16-12)8-20-9-4-5-19-7-9/h6,9H,3-5,7-8H2,1-2H3,(H,14,16,17). The first-order valence-electron chi connectivity index (χ1n) is 6.89. The summed E-state index contributed by atoms with van der Waals surface area (Å²) in [5, 5.41) is 8.41. The quantitative estimate of drug-likeness (QED) is 0.882. The van der Waals surface area contributed by atoms with E-state index in [0.717, 1.165) is 36.4 Å². The molecular weight excluding hydrogens is 258 g/mol. The van der Waals surface area contributed by atoms with Gasteiger partial charge in [-0.05, 0) is 13.3 Å². The van der Waals surface area contributed by atoms with Gasteiger partial charge in [0.1, 0.15) is 12.4 Å². The van der Waals surface area contributed by atoms with Crippen molar-refractivity contribution in [3.8, 4) is 0 Å². The van der Waals surface area contributed by atoms with Gasteiger partial charge in [-0.3, -0.25) is 4.68 Å². The van der Waals surface area contributed by atoms with Crippen LogP contribution in [0.3, 0.4) is 0 Å². The Labute approximate surface area is 117 Å². The molecule has 108 valence electrons. The Bertz CT molecular complexity index is 592. The van der Waals surface area contributed by atoms with Crippen LogP contribution >= 0.6 is 0 Å². The third-order valence-electron chi connectivity index (χ3n) is 3.32. The largest absolute Gasteiger partial charge is 0.379 e. The Morgan fingerprint density at radius 3 is 3.15 bits per heavy atom. The highest BCUT2D eigenvalue weighted by Gasteiger charge is 2.17. The normalized spacial score (nSPS) is 18.8. The van der Waals surface area contributed by atoms with Gasteiger partial charge in [-0.1, -0.05) is 0 Å². The average molecular weight is 277 g/mol. The Balaban J connectivity index is 1.83. The number of ether oxygens (including phenoxy) is 2. The molecule has 0 aromatic carbocycles. The molecule has 1 unspecified atom stereocenters. The van der Waals surface area contributed by atoms with Crippen LogP contribution in [0, 0.1) is 0 Å². The molecule has 7 nitrogen and oxygen atoms in total. The Hall–Kier alpha value is -1.73. The van der Waals surface area contributed by atoms with E-state index in [1.165, 1.54) is 0 Å². The Morgan fingerprint density at radius 2 is 2.40 bits per heavy atom. The van der Waals surface area contributed by atoms with Crippen molar-refractivity contribution in [2.75, 3.05) is 25.1 Å². The number of rotatable bonds is 5. The summed E-state index contributed by atoms with van der Waals surface area (Å²) in [7, 11) is 1.88. The molecule has 1 N–H and O–H groups in total. The van der Waals surface area contributed by atoms with Gasteiger partial charge in [0, 0.05) is 20.2 Å². The fourth-order valence-electron chi connectivity index (χ4n) is 2.27. The number of nitrogens with one attached hydrogen (secondary N) is 1. The predicted molar refractivity (Wildman–Crippen MR) is 74.5 cm³/mol. The maximum Gasteiger partial charge on any atom is 0.163 e. The molecule has 3 heterocycles. The maximum absolute atomic E-state index is 5.78. The number of hydrogen-bond acceptors (Lipinski definition) is 6. The second-order valence-corrected chi connectivity index (χ2v) is 4.82. The van der Waals surface area contributed by atoms with E-state index in [2.05, 4.69) is 20.4 Å². The summed E-state index contributed by atoms with van der Waals surface area (Å²) in [6.07, 6.45) is 2.87. The van der Waals surface area contributed by atoms with Crippen LogP contribution in [0.2, 0.25) is 0 Å². The Morgan fingerprint density at radius 1 is 1.50 bits per heavy atom. The van der Waals surface area contributed by atoms with Gasteiger partial charge in [0.25, 0.3) is 0 Å². The van der Waals surface area contributed by atoms with Crippen molar-refractivity contribution in [1.29, 1.82) is 0 Å². The molecule has 0 radical (unpaired) electrons. The van der Waals surface area contributed by atoms with E-state index in [-0.39, 0.29) is 6.10 Å². The van der Waals surface area contributed by atoms with Crippen molar-refractivity contribution in [3.63, 3.8) is 0 Å². The first-order chi connectivity index (χ1) is 9.78. The Kier molecular flexibility index (Phi) is 3.79. The molecular formula is C13H19N5O2. The minimum atomic E-state index is 0.156. The van der Waals surface area contributed by atoms with Gasteiger partial charge in [-0.2, -0.15) is 5.10 Å². The van der Waals surface area contributed by atoms with Gasteiger partial charge in [-0.25, -0.2) is 9.97 Å². The summed E-state index contributed by atoms with van der Waals surface area (Å²) in [6.45, 7) is 4.67. The van der Waals surface area contributed by atoms with Gasteiger partial charge in [0.15, 0.2) is 11.5 Å². The molecule has 1 atom stereocenters. The molecule has 0 bridgehead atoms. The fraction of sp³-hybridized carbons (Fsp3) is 0.615. The van der Waals surface area contributed by atoms with Gasteiger partial charge in [0.2, 0.25) is 0 Å². The molecule has 1 aliphatic heterocycles. The van der Waals surface area contributed by atoms with Crippen molar-refractivity contribution in [3.05, 3.63) is 12.0 Å². The van der Waals surface area contributed by atoms with E-state index in [9.17, 15) is 0 Å². The summed E-state index contributed by atoms with van der Waals surface area (Å²) in [5.41, 5.74) is 0.817. The third-order valence-corrected chi connectivity index (χ3v) is 3.32. The van der Waals surface area contributed by atoms with Crippen molar-refractivity contribution >= 4 is 16.9 Å². The lowest BCUT2D eigenvalue weighted by Gasteiger charge is -2.10. The zero-order valence-electron chi connectivity index (χ0n) is 11.8. The number of aromatic nitrogens is 4. The first kappa shape index (κ1) is 13.3. The van der Waals surface area contributed by atoms with Gasteiger partial charge < -0.3 is 14.8 Å². The minimum absolute atomic E-state index is 0.156. The van der Waals surface area contributed by atoms with Crippen molar-refractivity contribution in [1.82, 2.24) is 19.7 Å². The second-order valence-electron chi connectivity index (χ2n) is 4.82. The topological polar surface area (TPSA) is 74.1 Å². The van der Waals surface area contributed by atoms with Crippen LogP contribution < -0.4 is 5.32 Å². The van der Waals surface area contributed by atoms with E-state index < -0.39 is 0 Å². The highest BCUT2D eigenvalue weighted by molar-refractivity contribution is 5.86. The lowest BCUT2D eigenvalue weighted by atomic mass is 10.3. The van der Waals surface area contributed by atoms with Crippen LogP contribution in [0.4, 0.5) is 5.82 Å². The SMILES string of the molecule is CCNc1nc(COC2CCOC2)nc2c1cnn2C. The van der Waals surface area contributed by atoms with Crippen molar-refractivity contribution < 1.29 is 9.47 Å². The van der Waals surface area contributed by atoms with Crippen molar-refractivity contribution in [2.24, 2.45) is 7.05 Å². The van der Waals surface area contributed by atoms with Crippen LogP contribution in [0.25, 0.3) is 11.0 Å². The average Bonchev–Trinajstić information content (AvgIpc) is 3.08. The van der Waals surface area contributed by atoms with Crippen LogP contribution in [0.15, 0.2) is 6.20 Å². The molecule has 1 saturated heterocycles.